The van der Waals surface area contributed by atoms with Crippen molar-refractivity contribution in [2.75, 3.05) is 33.9 Å². The second kappa shape index (κ2) is 8.96. The Morgan fingerprint density at radius 2 is 2.00 bits per heavy atom. The molecular weight excluding hydrogens is 477 g/mol. The van der Waals surface area contributed by atoms with E-state index >= 15 is 0 Å². The molecule has 186 valence electrons. The lowest BCUT2D eigenvalue weighted by Crippen LogP contribution is -2.54. The lowest BCUT2D eigenvalue weighted by atomic mass is 9.91. The van der Waals surface area contributed by atoms with Crippen molar-refractivity contribution in [1.29, 1.82) is 0 Å². The van der Waals surface area contributed by atoms with E-state index in [4.69, 9.17) is 21.1 Å². The number of hydrogen-bond acceptors (Lipinski definition) is 6. The van der Waals surface area contributed by atoms with Gasteiger partial charge in [0.15, 0.2) is 21.9 Å². The summed E-state index contributed by atoms with van der Waals surface area (Å²) >= 11 is 7.25. The summed E-state index contributed by atoms with van der Waals surface area (Å²) in [6.45, 7) is 1.52. The average molecular weight is 504 g/mol. The van der Waals surface area contributed by atoms with E-state index in [2.05, 4.69) is 5.32 Å². The first-order chi connectivity index (χ1) is 16.8. The van der Waals surface area contributed by atoms with Gasteiger partial charge in [-0.15, -0.1) is 0 Å². The Hall–Kier alpha value is -2.88. The first-order valence-corrected chi connectivity index (χ1v) is 11.9. The zero-order valence-corrected chi connectivity index (χ0v) is 20.3. The van der Waals surface area contributed by atoms with Gasteiger partial charge in [-0.3, -0.25) is 9.69 Å². The molecule has 1 aromatic heterocycles. The van der Waals surface area contributed by atoms with Crippen molar-refractivity contribution in [1.82, 2.24) is 14.8 Å². The molecular formula is C25H27ClFN3O5. The molecule has 2 fully saturated rings. The number of nitrogens with one attached hydrogen (secondary N) is 1. The summed E-state index contributed by atoms with van der Waals surface area (Å²) in [4.78, 5) is 25.4. The largest absolute Gasteiger partial charge is 0.493 e. The Kier molecular flexibility index (Phi) is 6.11. The van der Waals surface area contributed by atoms with Crippen molar-refractivity contribution in [2.24, 2.45) is 0 Å². The number of aromatic carboxylic acids is 1. The summed E-state index contributed by atoms with van der Waals surface area (Å²) in [5.41, 5.74) is 0.519. The number of pyridine rings is 1. The van der Waals surface area contributed by atoms with Crippen molar-refractivity contribution in [3.63, 3.8) is 0 Å². The fourth-order valence-electron chi connectivity index (χ4n) is 5.11. The highest BCUT2D eigenvalue weighted by Crippen LogP contribution is 2.47. The number of allylic oxidation sites excluding steroid dienone is 1. The fraction of sp³-hybridized carbons (Fsp3) is 0.440. The van der Waals surface area contributed by atoms with Crippen LogP contribution in [0.15, 0.2) is 41.1 Å². The molecule has 1 aromatic carbocycles. The predicted molar refractivity (Wildman–Crippen MR) is 128 cm³/mol. The molecule has 35 heavy (non-hydrogen) atoms. The number of methoxy groups -OCH3 is 2. The fourth-order valence-corrected chi connectivity index (χ4v) is 5.60. The Bertz CT molecular complexity index is 1270. The minimum atomic E-state index is -1.42. The maximum atomic E-state index is 15.0. The van der Waals surface area contributed by atoms with E-state index in [1.165, 1.54) is 12.3 Å². The van der Waals surface area contributed by atoms with E-state index in [1.54, 1.807) is 18.8 Å². The number of nitrogens with zero attached hydrogens (tertiary/aromatic N) is 2. The topological polar surface area (TPSA) is 93.0 Å². The van der Waals surface area contributed by atoms with Crippen LogP contribution < -0.4 is 20.2 Å². The van der Waals surface area contributed by atoms with Crippen LogP contribution in [0.5, 0.6) is 11.5 Å². The van der Waals surface area contributed by atoms with Gasteiger partial charge in [0.2, 0.25) is 0 Å². The summed E-state index contributed by atoms with van der Waals surface area (Å²) in [6.07, 6.45) is 4.18. The van der Waals surface area contributed by atoms with Gasteiger partial charge in [0.1, 0.15) is 11.4 Å². The number of piperazine rings is 1. The van der Waals surface area contributed by atoms with Gasteiger partial charge in [0.25, 0.3) is 0 Å². The summed E-state index contributed by atoms with van der Waals surface area (Å²) in [7, 11) is 3.15. The molecule has 2 N–H and O–H groups in total. The van der Waals surface area contributed by atoms with Gasteiger partial charge in [0, 0.05) is 49.9 Å². The number of alkyl halides is 1. The minimum Gasteiger partial charge on any atom is -0.493 e. The second-order valence-corrected chi connectivity index (χ2v) is 9.73. The van der Waals surface area contributed by atoms with Gasteiger partial charge in [-0.1, -0.05) is 17.7 Å². The number of carbonyl (C=O) groups is 1. The third-order valence-electron chi connectivity index (χ3n) is 6.97. The number of fused-ring (bicyclic) bond motifs is 1. The Balaban J connectivity index is 1.57. The number of rotatable bonds is 6. The molecule has 3 aliphatic rings. The molecule has 2 unspecified atom stereocenters. The van der Waals surface area contributed by atoms with Gasteiger partial charge in [0.05, 0.1) is 19.9 Å². The van der Waals surface area contributed by atoms with Crippen LogP contribution in [0.2, 0.25) is 0 Å². The standard InChI is InChI=1S/C25H27ClFN3O5/c1-34-20-6-3-14(9-21(20)35-2)19-13-29(8-7-28-19)25(26)11-15(27)10-17-22(31)18(24(32)33)12-30(23(17)25)16-4-5-16/h3,6,9,11-12,16,19,28H,4-5,7-8,10,13H2,1-2H3,(H,32,33). The molecule has 8 nitrogen and oxygen atoms in total. The molecule has 0 amide bonds. The van der Waals surface area contributed by atoms with E-state index in [0.29, 0.717) is 36.8 Å². The van der Waals surface area contributed by atoms with Crippen LogP contribution in [-0.4, -0.2) is 54.4 Å². The smallest absolute Gasteiger partial charge is 0.341 e. The molecule has 1 saturated heterocycles. The van der Waals surface area contributed by atoms with Gasteiger partial charge in [-0.05, 0) is 36.6 Å². The van der Waals surface area contributed by atoms with Crippen LogP contribution in [0, 0.1) is 0 Å². The quantitative estimate of drug-likeness (QED) is 0.461. The first-order valence-electron chi connectivity index (χ1n) is 11.5. The van der Waals surface area contributed by atoms with Gasteiger partial charge in [-0.25, -0.2) is 9.18 Å². The predicted octanol–water partition coefficient (Wildman–Crippen LogP) is 3.35. The first kappa shape index (κ1) is 23.8. The lowest BCUT2D eigenvalue weighted by molar-refractivity contribution is 0.0693. The number of carboxylic acid groups (broad SMARTS) is 1. The summed E-state index contributed by atoms with van der Waals surface area (Å²) in [6, 6.07) is 5.57. The summed E-state index contributed by atoms with van der Waals surface area (Å²) in [5, 5.41) is 13.1. The zero-order chi connectivity index (χ0) is 24.9. The number of halogens is 2. The molecule has 2 aromatic rings. The maximum absolute atomic E-state index is 15.0. The molecule has 0 spiro atoms. The van der Waals surface area contributed by atoms with E-state index in [9.17, 15) is 19.1 Å². The van der Waals surface area contributed by atoms with E-state index in [1.807, 2.05) is 23.1 Å². The highest BCUT2D eigenvalue weighted by molar-refractivity contribution is 6.25. The molecule has 1 saturated carbocycles. The van der Waals surface area contributed by atoms with Crippen LogP contribution in [0.25, 0.3) is 0 Å². The van der Waals surface area contributed by atoms with E-state index in [-0.39, 0.29) is 29.6 Å². The highest BCUT2D eigenvalue weighted by atomic mass is 35.5. The molecule has 1 aliphatic heterocycles. The number of ether oxygens (including phenoxy) is 2. The Labute approximate surface area is 206 Å². The van der Waals surface area contributed by atoms with Gasteiger partial charge < -0.3 is 24.5 Å². The molecule has 5 rings (SSSR count). The minimum absolute atomic E-state index is 0.0414. The van der Waals surface area contributed by atoms with Crippen LogP contribution in [-0.2, 0) is 11.4 Å². The molecule has 2 heterocycles. The van der Waals surface area contributed by atoms with Crippen molar-refractivity contribution >= 4 is 17.6 Å². The molecule has 10 heteroatoms. The highest BCUT2D eigenvalue weighted by Gasteiger charge is 2.46. The average Bonchev–Trinajstić information content (AvgIpc) is 3.69. The zero-order valence-electron chi connectivity index (χ0n) is 19.5. The normalized spacial score (nSPS) is 24.5. The van der Waals surface area contributed by atoms with Crippen molar-refractivity contribution in [3.05, 3.63) is 68.9 Å². The monoisotopic (exact) mass is 503 g/mol. The van der Waals surface area contributed by atoms with Crippen LogP contribution in [0.4, 0.5) is 4.39 Å². The van der Waals surface area contributed by atoms with E-state index < -0.39 is 22.2 Å². The number of hydrogen-bond donors (Lipinski definition) is 2. The third-order valence-corrected chi connectivity index (χ3v) is 7.50. The molecule has 2 atom stereocenters. The van der Waals surface area contributed by atoms with Gasteiger partial charge >= 0.3 is 5.97 Å². The van der Waals surface area contributed by atoms with Crippen molar-refractivity contribution in [2.45, 2.75) is 36.3 Å². The van der Waals surface area contributed by atoms with Crippen LogP contribution in [0.3, 0.4) is 0 Å². The van der Waals surface area contributed by atoms with Gasteiger partial charge in [-0.2, -0.15) is 0 Å². The molecule has 2 aliphatic carbocycles. The lowest BCUT2D eigenvalue weighted by Gasteiger charge is -2.45. The number of aromatic nitrogens is 1. The Morgan fingerprint density at radius 1 is 1.26 bits per heavy atom. The third kappa shape index (κ3) is 4.11. The second-order valence-electron chi connectivity index (χ2n) is 9.15. The summed E-state index contributed by atoms with van der Waals surface area (Å²) < 4.78 is 27.6. The molecule has 0 radical (unpaired) electrons. The van der Waals surface area contributed by atoms with Crippen LogP contribution in [0.1, 0.15) is 52.1 Å². The Morgan fingerprint density at radius 3 is 2.66 bits per heavy atom. The SMILES string of the molecule is COc1ccc(C2CN(C3(Cl)C=C(F)Cc4c3n(C3CC3)cc(C(=O)O)c4=O)CCN2)cc1OC. The maximum Gasteiger partial charge on any atom is 0.341 e. The number of benzene rings is 1. The summed E-state index contributed by atoms with van der Waals surface area (Å²) in [5.74, 6) is -0.650. The van der Waals surface area contributed by atoms with Crippen molar-refractivity contribution in [3.8, 4) is 11.5 Å². The van der Waals surface area contributed by atoms with Crippen molar-refractivity contribution < 1.29 is 23.8 Å². The number of carboxylic acids is 1. The van der Waals surface area contributed by atoms with E-state index in [0.717, 1.165) is 18.4 Å². The van der Waals surface area contributed by atoms with Crippen LogP contribution >= 0.6 is 11.6 Å². The molecule has 0 bridgehead atoms.